The van der Waals surface area contributed by atoms with Crippen molar-refractivity contribution in [2.45, 2.75) is 32.9 Å². The molecule has 0 aliphatic carbocycles. The lowest BCUT2D eigenvalue weighted by Gasteiger charge is -2.36. The van der Waals surface area contributed by atoms with Gasteiger partial charge >= 0.3 is 5.69 Å². The Bertz CT molecular complexity index is 1070. The molecule has 0 bridgehead atoms. The molecular formula is C25H32FN5O2. The number of para-hydroxylation sites is 1. The van der Waals surface area contributed by atoms with Gasteiger partial charge in [0, 0.05) is 51.4 Å². The first kappa shape index (κ1) is 23.0. The zero-order valence-corrected chi connectivity index (χ0v) is 19.2. The number of aromatic nitrogens is 3. The van der Waals surface area contributed by atoms with Crippen LogP contribution in [0.1, 0.15) is 19.2 Å². The maximum Gasteiger partial charge on any atom is 0.346 e. The Kier molecular flexibility index (Phi) is 7.78. The predicted octanol–water partition coefficient (Wildman–Crippen LogP) is 3.04. The number of halogens is 1. The average Bonchev–Trinajstić information content (AvgIpc) is 3.15. The van der Waals surface area contributed by atoms with E-state index in [1.807, 2.05) is 43.3 Å². The Labute approximate surface area is 194 Å². The number of piperazine rings is 1. The zero-order chi connectivity index (χ0) is 23.0. The Hall–Kier alpha value is -3.13. The maximum absolute atomic E-state index is 13.5. The summed E-state index contributed by atoms with van der Waals surface area (Å²) in [4.78, 5) is 17.5. The number of aryl methyl sites for hydroxylation is 2. The number of rotatable bonds is 10. The highest BCUT2D eigenvalue weighted by Crippen LogP contribution is 2.17. The molecule has 3 aromatic rings. The van der Waals surface area contributed by atoms with E-state index in [1.54, 1.807) is 21.4 Å². The minimum absolute atomic E-state index is 0.0700. The number of hydrogen-bond acceptors (Lipinski definition) is 5. The fourth-order valence-corrected chi connectivity index (χ4v) is 4.24. The van der Waals surface area contributed by atoms with Crippen molar-refractivity contribution in [3.8, 4) is 5.75 Å². The highest BCUT2D eigenvalue weighted by Gasteiger charge is 2.18. The molecule has 2 aromatic carbocycles. The van der Waals surface area contributed by atoms with Gasteiger partial charge in [-0.1, -0.05) is 31.2 Å². The number of hydrogen-bond donors (Lipinski definition) is 0. The fraction of sp³-hybridized carbons (Fsp3) is 0.440. The van der Waals surface area contributed by atoms with Gasteiger partial charge in [-0.2, -0.15) is 5.10 Å². The van der Waals surface area contributed by atoms with Gasteiger partial charge in [-0.05, 0) is 36.8 Å². The quantitative estimate of drug-likeness (QED) is 0.472. The van der Waals surface area contributed by atoms with Crippen LogP contribution in [0.3, 0.4) is 0 Å². The van der Waals surface area contributed by atoms with E-state index < -0.39 is 0 Å². The van der Waals surface area contributed by atoms with Crippen molar-refractivity contribution < 1.29 is 9.13 Å². The molecule has 1 aliphatic rings. The molecule has 0 atom stereocenters. The third-order valence-corrected chi connectivity index (χ3v) is 6.03. The molecule has 1 saturated heterocycles. The monoisotopic (exact) mass is 453 g/mol. The van der Waals surface area contributed by atoms with Gasteiger partial charge in [0.15, 0.2) is 0 Å². The van der Waals surface area contributed by atoms with Crippen molar-refractivity contribution in [3.05, 3.63) is 76.7 Å². The van der Waals surface area contributed by atoms with E-state index in [-0.39, 0.29) is 11.5 Å². The summed E-state index contributed by atoms with van der Waals surface area (Å²) < 4.78 is 22.5. The molecule has 33 heavy (non-hydrogen) atoms. The maximum atomic E-state index is 13.5. The fourth-order valence-electron chi connectivity index (χ4n) is 4.24. The van der Waals surface area contributed by atoms with E-state index in [0.717, 1.165) is 56.4 Å². The van der Waals surface area contributed by atoms with Crippen molar-refractivity contribution in [3.63, 3.8) is 0 Å². The molecule has 0 unspecified atom stereocenters. The lowest BCUT2D eigenvalue weighted by atomic mass is 10.2. The molecule has 2 heterocycles. The van der Waals surface area contributed by atoms with Crippen LogP contribution in [0.15, 0.2) is 59.4 Å². The standard InChI is InChI=1S/C25H32FN5O2/c1-2-24-27-31(25(32)30(24)18-19-33-23-10-4-3-5-11-23)13-7-12-28-14-16-29(17-15-28)22-9-6-8-21(26)20-22/h3-6,8-11,20H,2,7,12-19H2,1H3. The van der Waals surface area contributed by atoms with Crippen LogP contribution in [0.2, 0.25) is 0 Å². The van der Waals surface area contributed by atoms with E-state index in [1.165, 1.54) is 6.07 Å². The molecule has 8 heteroatoms. The Morgan fingerprint density at radius 2 is 1.76 bits per heavy atom. The van der Waals surface area contributed by atoms with Crippen LogP contribution in [0.5, 0.6) is 5.75 Å². The SMILES string of the molecule is CCc1nn(CCCN2CCN(c3cccc(F)c3)CC2)c(=O)n1CCOc1ccccc1. The molecule has 0 spiro atoms. The summed E-state index contributed by atoms with van der Waals surface area (Å²) in [6, 6.07) is 16.4. The van der Waals surface area contributed by atoms with Gasteiger partial charge in [-0.25, -0.2) is 13.9 Å². The molecule has 0 amide bonds. The second kappa shape index (κ2) is 11.1. The molecular weight excluding hydrogens is 421 g/mol. The third-order valence-electron chi connectivity index (χ3n) is 6.03. The van der Waals surface area contributed by atoms with E-state index in [2.05, 4.69) is 14.9 Å². The summed E-state index contributed by atoms with van der Waals surface area (Å²) in [5.41, 5.74) is 0.870. The van der Waals surface area contributed by atoms with Crippen LogP contribution in [-0.4, -0.2) is 58.6 Å². The minimum Gasteiger partial charge on any atom is -0.492 e. The molecule has 0 radical (unpaired) electrons. The first-order chi connectivity index (χ1) is 16.1. The summed E-state index contributed by atoms with van der Waals surface area (Å²) in [6.07, 6.45) is 1.57. The van der Waals surface area contributed by atoms with E-state index in [4.69, 9.17) is 4.74 Å². The van der Waals surface area contributed by atoms with Crippen molar-refractivity contribution >= 4 is 5.69 Å². The van der Waals surface area contributed by atoms with Gasteiger partial charge in [-0.15, -0.1) is 0 Å². The van der Waals surface area contributed by atoms with Crippen LogP contribution in [0, 0.1) is 5.82 Å². The highest BCUT2D eigenvalue weighted by atomic mass is 19.1. The minimum atomic E-state index is -0.196. The number of nitrogens with zero attached hydrogens (tertiary/aromatic N) is 5. The zero-order valence-electron chi connectivity index (χ0n) is 19.2. The van der Waals surface area contributed by atoms with Crippen molar-refractivity contribution in [1.82, 2.24) is 19.2 Å². The first-order valence-electron chi connectivity index (χ1n) is 11.7. The van der Waals surface area contributed by atoms with Crippen molar-refractivity contribution in [2.75, 3.05) is 44.2 Å². The summed E-state index contributed by atoms with van der Waals surface area (Å²) in [7, 11) is 0. The van der Waals surface area contributed by atoms with E-state index in [9.17, 15) is 9.18 Å². The molecule has 1 aliphatic heterocycles. The normalized spacial score (nSPS) is 14.5. The van der Waals surface area contributed by atoms with Gasteiger partial charge in [0.2, 0.25) is 0 Å². The Morgan fingerprint density at radius 3 is 2.48 bits per heavy atom. The molecule has 4 rings (SSSR count). The van der Waals surface area contributed by atoms with Crippen molar-refractivity contribution in [1.29, 1.82) is 0 Å². The van der Waals surface area contributed by atoms with Crippen LogP contribution in [-0.2, 0) is 19.5 Å². The van der Waals surface area contributed by atoms with Gasteiger partial charge in [0.05, 0.1) is 6.54 Å². The van der Waals surface area contributed by atoms with Crippen LogP contribution < -0.4 is 15.3 Å². The second-order valence-electron chi connectivity index (χ2n) is 8.25. The third kappa shape index (κ3) is 6.01. The van der Waals surface area contributed by atoms with Crippen LogP contribution >= 0.6 is 0 Å². The predicted molar refractivity (Wildman–Crippen MR) is 127 cm³/mol. The van der Waals surface area contributed by atoms with E-state index >= 15 is 0 Å². The average molecular weight is 454 g/mol. The van der Waals surface area contributed by atoms with Gasteiger partial charge < -0.3 is 9.64 Å². The second-order valence-corrected chi connectivity index (χ2v) is 8.25. The topological polar surface area (TPSA) is 55.5 Å². The summed E-state index contributed by atoms with van der Waals surface area (Å²) in [6.45, 7) is 8.04. The smallest absolute Gasteiger partial charge is 0.346 e. The molecule has 7 nitrogen and oxygen atoms in total. The molecule has 0 N–H and O–H groups in total. The Balaban J connectivity index is 1.24. The van der Waals surface area contributed by atoms with Gasteiger partial charge in [0.1, 0.15) is 24.0 Å². The lowest BCUT2D eigenvalue weighted by Crippen LogP contribution is -2.46. The number of anilines is 1. The van der Waals surface area contributed by atoms with Gasteiger partial charge in [0.25, 0.3) is 0 Å². The molecule has 1 fully saturated rings. The lowest BCUT2D eigenvalue weighted by molar-refractivity contribution is 0.248. The molecule has 1 aromatic heterocycles. The number of benzene rings is 2. The summed E-state index contributed by atoms with van der Waals surface area (Å²) in [5.74, 6) is 1.40. The Morgan fingerprint density at radius 1 is 0.970 bits per heavy atom. The highest BCUT2D eigenvalue weighted by molar-refractivity contribution is 5.46. The molecule has 0 saturated carbocycles. The molecule has 176 valence electrons. The van der Waals surface area contributed by atoms with Crippen LogP contribution in [0.25, 0.3) is 0 Å². The first-order valence-corrected chi connectivity index (χ1v) is 11.7. The van der Waals surface area contributed by atoms with Crippen LogP contribution in [0.4, 0.5) is 10.1 Å². The van der Waals surface area contributed by atoms with Gasteiger partial charge in [-0.3, -0.25) is 9.47 Å². The van der Waals surface area contributed by atoms with Crippen molar-refractivity contribution in [2.24, 2.45) is 0 Å². The summed E-state index contributed by atoms with van der Waals surface area (Å²) >= 11 is 0. The largest absolute Gasteiger partial charge is 0.492 e. The van der Waals surface area contributed by atoms with E-state index in [0.29, 0.717) is 26.1 Å². The summed E-state index contributed by atoms with van der Waals surface area (Å²) in [5, 5.41) is 4.55. The number of ether oxygens (including phenoxy) is 1.